The molecule has 0 aliphatic carbocycles. The fourth-order valence-electron chi connectivity index (χ4n) is 1.82. The van der Waals surface area contributed by atoms with Crippen LogP contribution >= 0.6 is 0 Å². The fraction of sp³-hybridized carbons (Fsp3) is 0.385. The summed E-state index contributed by atoms with van der Waals surface area (Å²) in [5.41, 5.74) is 0.694. The highest BCUT2D eigenvalue weighted by atomic mass is 32.2. The number of amides is 1. The minimum absolute atomic E-state index is 0.0631. The second-order valence-electron chi connectivity index (χ2n) is 4.93. The number of benzene rings is 1. The van der Waals surface area contributed by atoms with Crippen molar-refractivity contribution < 1.29 is 23.1 Å². The summed E-state index contributed by atoms with van der Waals surface area (Å²) in [5.74, 6) is -2.41. The molecule has 0 fully saturated rings. The van der Waals surface area contributed by atoms with Crippen LogP contribution in [0.1, 0.15) is 22.8 Å². The van der Waals surface area contributed by atoms with Gasteiger partial charge in [0.2, 0.25) is 10.0 Å². The van der Waals surface area contributed by atoms with Crippen LogP contribution in [0.3, 0.4) is 0 Å². The number of sulfonamides is 1. The number of primary sulfonamides is 1. The van der Waals surface area contributed by atoms with Gasteiger partial charge >= 0.3 is 5.97 Å². The van der Waals surface area contributed by atoms with Crippen molar-refractivity contribution in [3.63, 3.8) is 0 Å². The molecule has 116 valence electrons. The highest BCUT2D eigenvalue weighted by Gasteiger charge is 2.19. The van der Waals surface area contributed by atoms with Gasteiger partial charge in [-0.2, -0.15) is 0 Å². The van der Waals surface area contributed by atoms with Crippen LogP contribution in [0.15, 0.2) is 24.3 Å². The Kier molecular flexibility index (Phi) is 5.45. The van der Waals surface area contributed by atoms with Gasteiger partial charge in [-0.25, -0.2) is 13.6 Å². The zero-order valence-corrected chi connectivity index (χ0v) is 12.6. The van der Waals surface area contributed by atoms with Crippen molar-refractivity contribution in [3.8, 4) is 0 Å². The molecule has 1 atom stereocenters. The zero-order valence-electron chi connectivity index (χ0n) is 11.8. The van der Waals surface area contributed by atoms with Crippen molar-refractivity contribution >= 4 is 21.9 Å². The van der Waals surface area contributed by atoms with Crippen LogP contribution < -0.4 is 5.14 Å². The molecule has 1 unspecified atom stereocenters. The van der Waals surface area contributed by atoms with Gasteiger partial charge in [0.15, 0.2) is 0 Å². The van der Waals surface area contributed by atoms with E-state index in [0.717, 1.165) is 0 Å². The van der Waals surface area contributed by atoms with Gasteiger partial charge in [-0.1, -0.05) is 19.1 Å². The summed E-state index contributed by atoms with van der Waals surface area (Å²) >= 11 is 0. The van der Waals surface area contributed by atoms with Crippen molar-refractivity contribution in [2.24, 2.45) is 11.1 Å². The summed E-state index contributed by atoms with van der Waals surface area (Å²) in [5, 5.41) is 13.8. The maximum Gasteiger partial charge on any atom is 0.308 e. The average molecular weight is 314 g/mol. The molecule has 21 heavy (non-hydrogen) atoms. The molecule has 0 saturated carbocycles. The first-order chi connectivity index (χ1) is 9.60. The zero-order chi connectivity index (χ0) is 16.2. The first-order valence-electron chi connectivity index (χ1n) is 6.18. The number of nitrogens with zero attached hydrogens (tertiary/aromatic N) is 1. The van der Waals surface area contributed by atoms with Crippen LogP contribution in [0.4, 0.5) is 0 Å². The molecule has 8 heteroatoms. The summed E-state index contributed by atoms with van der Waals surface area (Å²) in [7, 11) is -2.18. The molecule has 0 radical (unpaired) electrons. The number of carboxylic acid groups (broad SMARTS) is 1. The molecule has 3 N–H and O–H groups in total. The van der Waals surface area contributed by atoms with E-state index in [1.54, 1.807) is 12.1 Å². The van der Waals surface area contributed by atoms with Crippen molar-refractivity contribution in [1.82, 2.24) is 4.90 Å². The summed E-state index contributed by atoms with van der Waals surface area (Å²) in [6.07, 6.45) is 0. The molecular weight excluding hydrogens is 296 g/mol. The first kappa shape index (κ1) is 17.1. The van der Waals surface area contributed by atoms with Crippen LogP contribution in [-0.4, -0.2) is 43.9 Å². The Morgan fingerprint density at radius 2 is 2.00 bits per heavy atom. The smallest absolute Gasteiger partial charge is 0.308 e. The molecule has 0 spiro atoms. The topological polar surface area (TPSA) is 118 Å². The quantitative estimate of drug-likeness (QED) is 0.781. The molecule has 0 aliphatic rings. The molecule has 0 bridgehead atoms. The SMILES string of the molecule is CC(CN(C)C(=O)c1cccc(CS(N)(=O)=O)c1)C(=O)O. The Balaban J connectivity index is 2.87. The third-order valence-corrected chi connectivity index (χ3v) is 3.59. The van der Waals surface area contributed by atoms with Crippen molar-refractivity contribution in [1.29, 1.82) is 0 Å². The Bertz CT molecular complexity index is 642. The molecular formula is C13H18N2O5S. The number of hydrogen-bond acceptors (Lipinski definition) is 4. The van der Waals surface area contributed by atoms with Gasteiger partial charge < -0.3 is 10.0 Å². The van der Waals surface area contributed by atoms with Gasteiger partial charge in [-0.15, -0.1) is 0 Å². The third-order valence-electron chi connectivity index (χ3n) is 2.86. The Hall–Kier alpha value is -1.93. The van der Waals surface area contributed by atoms with Crippen LogP contribution in [-0.2, 0) is 20.6 Å². The summed E-state index contributed by atoms with van der Waals surface area (Å²) < 4.78 is 22.1. The average Bonchev–Trinajstić information content (AvgIpc) is 2.35. The lowest BCUT2D eigenvalue weighted by molar-refractivity contribution is -0.141. The lowest BCUT2D eigenvalue weighted by atomic mass is 10.1. The predicted molar refractivity (Wildman–Crippen MR) is 77.0 cm³/mol. The Morgan fingerprint density at radius 3 is 2.52 bits per heavy atom. The van der Waals surface area contributed by atoms with E-state index in [4.69, 9.17) is 10.2 Å². The number of hydrogen-bond donors (Lipinski definition) is 2. The molecule has 1 aromatic rings. The van der Waals surface area contributed by atoms with E-state index in [2.05, 4.69) is 0 Å². The van der Waals surface area contributed by atoms with Gasteiger partial charge in [-0.05, 0) is 17.7 Å². The molecule has 0 aliphatic heterocycles. The molecule has 0 saturated heterocycles. The highest BCUT2D eigenvalue weighted by molar-refractivity contribution is 7.88. The van der Waals surface area contributed by atoms with Crippen LogP contribution in [0.5, 0.6) is 0 Å². The number of aliphatic carboxylic acids is 1. The Morgan fingerprint density at radius 1 is 1.38 bits per heavy atom. The number of carbonyl (C=O) groups is 2. The predicted octanol–water partition coefficient (Wildman–Crippen LogP) is 0.268. The van der Waals surface area contributed by atoms with E-state index in [0.29, 0.717) is 5.56 Å². The van der Waals surface area contributed by atoms with E-state index in [-0.39, 0.29) is 23.8 Å². The highest BCUT2D eigenvalue weighted by Crippen LogP contribution is 2.11. The standard InChI is InChI=1S/C13H18N2O5S/c1-9(13(17)18)7-15(2)12(16)11-5-3-4-10(6-11)8-21(14,19)20/h3-6,9H,7-8H2,1-2H3,(H,17,18)(H2,14,19,20). The maximum absolute atomic E-state index is 12.2. The molecule has 7 nitrogen and oxygen atoms in total. The molecule has 1 aromatic carbocycles. The minimum Gasteiger partial charge on any atom is -0.481 e. The van der Waals surface area contributed by atoms with Gasteiger partial charge in [0.05, 0.1) is 11.7 Å². The Labute approximate surface area is 123 Å². The van der Waals surface area contributed by atoms with E-state index < -0.39 is 21.9 Å². The van der Waals surface area contributed by atoms with E-state index in [9.17, 15) is 18.0 Å². The summed E-state index contributed by atoms with van der Waals surface area (Å²) in [4.78, 5) is 24.2. The second-order valence-corrected chi connectivity index (χ2v) is 6.55. The lowest BCUT2D eigenvalue weighted by Gasteiger charge is -2.19. The maximum atomic E-state index is 12.2. The van der Waals surface area contributed by atoms with Crippen LogP contribution in [0, 0.1) is 5.92 Å². The van der Waals surface area contributed by atoms with Crippen LogP contribution in [0.2, 0.25) is 0 Å². The third kappa shape index (κ3) is 5.52. The number of rotatable bonds is 6. The molecule has 1 rings (SSSR count). The largest absolute Gasteiger partial charge is 0.481 e. The first-order valence-corrected chi connectivity index (χ1v) is 7.89. The van der Waals surface area contributed by atoms with Crippen molar-refractivity contribution in [3.05, 3.63) is 35.4 Å². The fourth-order valence-corrected chi connectivity index (χ4v) is 2.46. The molecule has 1 amide bonds. The minimum atomic E-state index is -3.67. The lowest BCUT2D eigenvalue weighted by Crippen LogP contribution is -2.33. The number of carbonyl (C=O) groups excluding carboxylic acids is 1. The normalized spacial score (nSPS) is 12.7. The second kappa shape index (κ2) is 6.68. The summed E-state index contributed by atoms with van der Waals surface area (Å²) in [6, 6.07) is 6.09. The van der Waals surface area contributed by atoms with Gasteiger partial charge in [0.1, 0.15) is 0 Å². The van der Waals surface area contributed by atoms with E-state index in [1.165, 1.54) is 31.0 Å². The molecule has 0 heterocycles. The van der Waals surface area contributed by atoms with E-state index in [1.807, 2.05) is 0 Å². The number of carboxylic acids is 1. The van der Waals surface area contributed by atoms with Crippen molar-refractivity contribution in [2.75, 3.05) is 13.6 Å². The van der Waals surface area contributed by atoms with Crippen molar-refractivity contribution in [2.45, 2.75) is 12.7 Å². The monoisotopic (exact) mass is 314 g/mol. The molecule has 0 aromatic heterocycles. The number of nitrogens with two attached hydrogens (primary N) is 1. The van der Waals surface area contributed by atoms with Crippen LogP contribution in [0.25, 0.3) is 0 Å². The van der Waals surface area contributed by atoms with E-state index >= 15 is 0 Å². The van der Waals surface area contributed by atoms with Gasteiger partial charge in [0.25, 0.3) is 5.91 Å². The summed E-state index contributed by atoms with van der Waals surface area (Å²) in [6.45, 7) is 1.57. The van der Waals surface area contributed by atoms with Gasteiger partial charge in [0, 0.05) is 19.2 Å². The van der Waals surface area contributed by atoms with Gasteiger partial charge in [-0.3, -0.25) is 9.59 Å².